The molecule has 1 aromatic carbocycles. The molecule has 0 aliphatic heterocycles. The average molecular weight is 265 g/mol. The largest absolute Gasteiger partial charge is 0.372 e. The molecule has 0 radical (unpaired) electrons. The van der Waals surface area contributed by atoms with Gasteiger partial charge in [0.1, 0.15) is 6.61 Å². The number of hydrogen-bond acceptors (Lipinski definition) is 3. The molecule has 1 aromatic rings. The molecule has 6 nitrogen and oxygen atoms in total. The smallest absolute Gasteiger partial charge is 0.316 e. The summed E-state index contributed by atoms with van der Waals surface area (Å²) in [5, 5.41) is 5.29. The van der Waals surface area contributed by atoms with Crippen LogP contribution in [0.3, 0.4) is 0 Å². The lowest BCUT2D eigenvalue weighted by Crippen LogP contribution is -2.30. The lowest BCUT2D eigenvalue weighted by atomic mass is 10.1. The SMILES string of the molecule is CCOCC(=O)NC(C)c1ccc(NC(N)=O)cc1. The van der Waals surface area contributed by atoms with Crippen molar-refractivity contribution in [1.82, 2.24) is 5.32 Å². The standard InChI is InChI=1S/C13H19N3O3/c1-3-19-8-12(17)15-9(2)10-4-6-11(7-5-10)16-13(14)18/h4-7,9H,3,8H2,1-2H3,(H,15,17)(H3,14,16,18). The van der Waals surface area contributed by atoms with Crippen LogP contribution < -0.4 is 16.4 Å². The maximum atomic E-state index is 11.5. The first-order chi connectivity index (χ1) is 9.02. The normalized spacial score (nSPS) is 11.7. The van der Waals surface area contributed by atoms with Crippen LogP contribution in [0, 0.1) is 0 Å². The fraction of sp³-hybridized carbons (Fsp3) is 0.385. The minimum atomic E-state index is -0.606. The number of carbonyl (C=O) groups excluding carboxylic acids is 2. The second-order valence-corrected chi connectivity index (χ2v) is 4.04. The van der Waals surface area contributed by atoms with E-state index >= 15 is 0 Å². The van der Waals surface area contributed by atoms with Crippen LogP contribution >= 0.6 is 0 Å². The minimum absolute atomic E-state index is 0.0577. The Balaban J connectivity index is 2.55. The van der Waals surface area contributed by atoms with Gasteiger partial charge in [0.25, 0.3) is 0 Å². The summed E-state index contributed by atoms with van der Waals surface area (Å²) >= 11 is 0. The van der Waals surface area contributed by atoms with E-state index in [1.165, 1.54) is 0 Å². The van der Waals surface area contributed by atoms with Gasteiger partial charge in [0.15, 0.2) is 0 Å². The highest BCUT2D eigenvalue weighted by Crippen LogP contribution is 2.15. The first kappa shape index (κ1) is 15.0. The van der Waals surface area contributed by atoms with Crippen LogP contribution in [0.4, 0.5) is 10.5 Å². The second kappa shape index (κ2) is 7.38. The molecule has 0 aliphatic rings. The Hall–Kier alpha value is -2.08. The van der Waals surface area contributed by atoms with E-state index in [9.17, 15) is 9.59 Å². The molecule has 19 heavy (non-hydrogen) atoms. The van der Waals surface area contributed by atoms with E-state index in [1.807, 2.05) is 26.0 Å². The van der Waals surface area contributed by atoms with E-state index in [2.05, 4.69) is 10.6 Å². The number of rotatable bonds is 6. The van der Waals surface area contributed by atoms with E-state index in [1.54, 1.807) is 12.1 Å². The highest BCUT2D eigenvalue weighted by molar-refractivity contribution is 5.87. The zero-order valence-corrected chi connectivity index (χ0v) is 11.1. The monoisotopic (exact) mass is 265 g/mol. The van der Waals surface area contributed by atoms with Crippen molar-refractivity contribution in [1.29, 1.82) is 0 Å². The number of nitrogens with two attached hydrogens (primary N) is 1. The highest BCUT2D eigenvalue weighted by Gasteiger charge is 2.09. The first-order valence-corrected chi connectivity index (χ1v) is 6.06. The number of anilines is 1. The van der Waals surface area contributed by atoms with Gasteiger partial charge in [-0.2, -0.15) is 0 Å². The molecule has 1 rings (SSSR count). The quantitative estimate of drug-likeness (QED) is 0.725. The third kappa shape index (κ3) is 5.39. The van der Waals surface area contributed by atoms with Gasteiger partial charge in [0, 0.05) is 12.3 Å². The summed E-state index contributed by atoms with van der Waals surface area (Å²) in [6.45, 7) is 4.28. The van der Waals surface area contributed by atoms with Crippen LogP contribution in [0.1, 0.15) is 25.5 Å². The molecule has 0 heterocycles. The number of nitrogens with one attached hydrogen (secondary N) is 2. The van der Waals surface area contributed by atoms with Crippen molar-refractivity contribution in [2.24, 2.45) is 5.73 Å². The maximum Gasteiger partial charge on any atom is 0.316 e. The highest BCUT2D eigenvalue weighted by atomic mass is 16.5. The van der Waals surface area contributed by atoms with Crippen molar-refractivity contribution in [3.63, 3.8) is 0 Å². The fourth-order valence-electron chi connectivity index (χ4n) is 1.56. The van der Waals surface area contributed by atoms with Crippen molar-refractivity contribution >= 4 is 17.6 Å². The van der Waals surface area contributed by atoms with Gasteiger partial charge in [0.05, 0.1) is 6.04 Å². The van der Waals surface area contributed by atoms with Crippen LogP contribution in [-0.2, 0) is 9.53 Å². The summed E-state index contributed by atoms with van der Waals surface area (Å²) in [5.41, 5.74) is 6.56. The van der Waals surface area contributed by atoms with E-state index in [0.717, 1.165) is 5.56 Å². The van der Waals surface area contributed by atoms with Gasteiger partial charge in [-0.1, -0.05) is 12.1 Å². The van der Waals surface area contributed by atoms with Gasteiger partial charge in [-0.15, -0.1) is 0 Å². The number of carbonyl (C=O) groups is 2. The number of amides is 3. The van der Waals surface area contributed by atoms with E-state index in [0.29, 0.717) is 12.3 Å². The molecule has 3 amide bonds. The molecule has 0 aromatic heterocycles. The van der Waals surface area contributed by atoms with Crippen LogP contribution in [0.5, 0.6) is 0 Å². The number of benzene rings is 1. The Labute approximate surface area is 112 Å². The molecular formula is C13H19N3O3. The van der Waals surface area contributed by atoms with Gasteiger partial charge in [-0.05, 0) is 31.5 Å². The second-order valence-electron chi connectivity index (χ2n) is 4.04. The minimum Gasteiger partial charge on any atom is -0.372 e. The topological polar surface area (TPSA) is 93.4 Å². The lowest BCUT2D eigenvalue weighted by molar-refractivity contribution is -0.126. The summed E-state index contributed by atoms with van der Waals surface area (Å²) in [6, 6.07) is 6.35. The van der Waals surface area contributed by atoms with Crippen molar-refractivity contribution in [3.8, 4) is 0 Å². The van der Waals surface area contributed by atoms with Crippen molar-refractivity contribution < 1.29 is 14.3 Å². The molecule has 104 valence electrons. The van der Waals surface area contributed by atoms with Gasteiger partial charge < -0.3 is 21.1 Å². The first-order valence-electron chi connectivity index (χ1n) is 6.06. The van der Waals surface area contributed by atoms with Crippen molar-refractivity contribution in [2.75, 3.05) is 18.5 Å². The molecule has 1 unspecified atom stereocenters. The molecule has 0 bridgehead atoms. The summed E-state index contributed by atoms with van der Waals surface area (Å²) in [5.74, 6) is -0.159. The number of urea groups is 1. The molecule has 0 spiro atoms. The van der Waals surface area contributed by atoms with Crippen molar-refractivity contribution in [3.05, 3.63) is 29.8 Å². The van der Waals surface area contributed by atoms with Crippen molar-refractivity contribution in [2.45, 2.75) is 19.9 Å². The Kier molecular flexibility index (Phi) is 5.81. The van der Waals surface area contributed by atoms with Crippen LogP contribution in [0.15, 0.2) is 24.3 Å². The Morgan fingerprint density at radius 1 is 1.32 bits per heavy atom. The molecule has 6 heteroatoms. The number of primary amides is 1. The molecular weight excluding hydrogens is 246 g/mol. The summed E-state index contributed by atoms with van der Waals surface area (Å²) in [4.78, 5) is 22.2. The lowest BCUT2D eigenvalue weighted by Gasteiger charge is -2.14. The average Bonchev–Trinajstić information content (AvgIpc) is 2.36. The summed E-state index contributed by atoms with van der Waals surface area (Å²) in [6.07, 6.45) is 0. The van der Waals surface area contributed by atoms with Gasteiger partial charge >= 0.3 is 6.03 Å². The zero-order valence-electron chi connectivity index (χ0n) is 11.1. The molecule has 1 atom stereocenters. The predicted molar refractivity (Wildman–Crippen MR) is 72.7 cm³/mol. The zero-order chi connectivity index (χ0) is 14.3. The van der Waals surface area contributed by atoms with Crippen LogP contribution in [-0.4, -0.2) is 25.2 Å². The Bertz CT molecular complexity index is 431. The molecule has 0 fully saturated rings. The molecule has 4 N–H and O–H groups in total. The van der Waals surface area contributed by atoms with Crippen LogP contribution in [0.2, 0.25) is 0 Å². The van der Waals surface area contributed by atoms with Gasteiger partial charge in [-0.3, -0.25) is 4.79 Å². The van der Waals surface area contributed by atoms with E-state index < -0.39 is 6.03 Å². The van der Waals surface area contributed by atoms with E-state index in [4.69, 9.17) is 10.5 Å². The molecule has 0 saturated heterocycles. The summed E-state index contributed by atoms with van der Waals surface area (Å²) < 4.78 is 5.02. The fourth-order valence-corrected chi connectivity index (χ4v) is 1.56. The van der Waals surface area contributed by atoms with Crippen LogP contribution in [0.25, 0.3) is 0 Å². The Morgan fingerprint density at radius 2 is 1.95 bits per heavy atom. The predicted octanol–water partition coefficient (Wildman–Crippen LogP) is 1.39. The summed E-state index contributed by atoms with van der Waals surface area (Å²) in [7, 11) is 0. The van der Waals surface area contributed by atoms with Gasteiger partial charge in [0.2, 0.25) is 5.91 Å². The molecule has 0 aliphatic carbocycles. The molecule has 0 saturated carbocycles. The number of hydrogen-bond donors (Lipinski definition) is 3. The Morgan fingerprint density at radius 3 is 2.47 bits per heavy atom. The van der Waals surface area contributed by atoms with E-state index in [-0.39, 0.29) is 18.6 Å². The van der Waals surface area contributed by atoms with Gasteiger partial charge in [-0.25, -0.2) is 4.79 Å². The maximum absolute atomic E-state index is 11.5. The third-order valence-corrected chi connectivity index (χ3v) is 2.49. The third-order valence-electron chi connectivity index (χ3n) is 2.49. The number of ether oxygens (including phenoxy) is 1.